The molecule has 1 saturated heterocycles. The van der Waals surface area contributed by atoms with E-state index >= 15 is 0 Å². The molecule has 174 valence electrons. The maximum Gasteiger partial charge on any atom is 0.501 e. The third-order valence-electron chi connectivity index (χ3n) is 5.29. The second-order valence-electron chi connectivity index (χ2n) is 7.41. The van der Waals surface area contributed by atoms with Crippen molar-refractivity contribution < 1.29 is 31.2 Å². The summed E-state index contributed by atoms with van der Waals surface area (Å²) in [6.45, 7) is 2.96. The lowest BCUT2D eigenvalue weighted by atomic mass is 10.2. The van der Waals surface area contributed by atoms with E-state index in [1.165, 1.54) is 11.8 Å². The maximum atomic E-state index is 13.0. The third-order valence-corrected chi connectivity index (χ3v) is 6.79. The van der Waals surface area contributed by atoms with E-state index in [1.807, 2.05) is 0 Å². The minimum absolute atomic E-state index is 0.0274. The summed E-state index contributed by atoms with van der Waals surface area (Å²) < 4.78 is 61.3. The molecule has 0 spiro atoms. The fourth-order valence-corrected chi connectivity index (χ4v) is 4.29. The van der Waals surface area contributed by atoms with Crippen LogP contribution in [0.2, 0.25) is 0 Å². The average Bonchev–Trinajstić information content (AvgIpc) is 3.38. The maximum absolute atomic E-state index is 13.0. The van der Waals surface area contributed by atoms with Crippen molar-refractivity contribution in [2.24, 2.45) is 4.99 Å². The first-order valence-corrected chi connectivity index (χ1v) is 11.3. The van der Waals surface area contributed by atoms with Gasteiger partial charge in [-0.05, 0) is 48.9 Å². The number of hydrogen-bond acceptors (Lipinski definition) is 7. The first-order valence-electron chi connectivity index (χ1n) is 9.80. The van der Waals surface area contributed by atoms with E-state index in [2.05, 4.69) is 15.3 Å². The van der Waals surface area contributed by atoms with Crippen molar-refractivity contribution >= 4 is 33.3 Å². The van der Waals surface area contributed by atoms with Crippen LogP contribution in [-0.2, 0) is 21.2 Å². The van der Waals surface area contributed by atoms with Crippen LogP contribution in [0, 0.1) is 0 Å². The summed E-state index contributed by atoms with van der Waals surface area (Å²) in [5.41, 5.74) is -4.17. The van der Waals surface area contributed by atoms with Gasteiger partial charge >= 0.3 is 11.5 Å². The first-order chi connectivity index (χ1) is 15.5. The van der Waals surface area contributed by atoms with Gasteiger partial charge in [0.2, 0.25) is 0 Å². The van der Waals surface area contributed by atoms with E-state index in [-0.39, 0.29) is 12.2 Å². The molecule has 33 heavy (non-hydrogen) atoms. The summed E-state index contributed by atoms with van der Waals surface area (Å²) in [5.74, 6) is 0.0618. The second kappa shape index (κ2) is 8.14. The van der Waals surface area contributed by atoms with Gasteiger partial charge in [0.15, 0.2) is 0 Å². The summed E-state index contributed by atoms with van der Waals surface area (Å²) >= 11 is 0. The molecule has 0 saturated carbocycles. The third kappa shape index (κ3) is 4.03. The van der Waals surface area contributed by atoms with Crippen LogP contribution in [0.1, 0.15) is 18.2 Å². The smallest absolute Gasteiger partial charge is 0.367 e. The highest BCUT2D eigenvalue weighted by Gasteiger charge is 2.47. The number of hydrogen-bond donors (Lipinski definition) is 1. The Morgan fingerprint density at radius 3 is 2.45 bits per heavy atom. The molecule has 13 heteroatoms. The monoisotopic (exact) mass is 481 g/mol. The number of halogens is 3. The number of imide groups is 1. The van der Waals surface area contributed by atoms with Crippen molar-refractivity contribution in [1.82, 2.24) is 15.2 Å². The first kappa shape index (κ1) is 22.7. The normalized spacial score (nSPS) is 19.2. The Morgan fingerprint density at radius 1 is 1.15 bits per heavy atom. The zero-order chi connectivity index (χ0) is 24.0. The molecule has 0 aliphatic carbocycles. The van der Waals surface area contributed by atoms with E-state index in [0.717, 1.165) is 29.2 Å². The molecule has 1 aromatic carbocycles. The van der Waals surface area contributed by atoms with Gasteiger partial charge in [-0.1, -0.05) is 0 Å². The SMILES string of the molecule is CC1C(=O)N(c2ccc(S(=O)(=O)C(F)(F)F)cc2)C(=O)N1Cc1ccnc(C2=NCCN2)c1. The standard InChI is InChI=1S/C20H18F3N5O4S/c1-12-18(29)28(14-2-4-15(5-3-14)33(31,32)20(21,22)23)19(30)27(12)11-13-6-7-24-16(10-13)17-25-8-9-26-17/h2-7,10,12H,8-9,11H2,1H3,(H,25,26). The Morgan fingerprint density at radius 2 is 1.85 bits per heavy atom. The molecule has 2 aliphatic rings. The molecule has 0 bridgehead atoms. The molecule has 4 rings (SSSR count). The number of rotatable bonds is 5. The van der Waals surface area contributed by atoms with Crippen LogP contribution < -0.4 is 10.2 Å². The van der Waals surface area contributed by atoms with Gasteiger partial charge in [-0.2, -0.15) is 13.2 Å². The minimum atomic E-state index is -5.54. The van der Waals surface area contributed by atoms with Crippen molar-refractivity contribution in [3.63, 3.8) is 0 Å². The van der Waals surface area contributed by atoms with Crippen molar-refractivity contribution in [1.29, 1.82) is 0 Å². The van der Waals surface area contributed by atoms with Gasteiger partial charge in [0.1, 0.15) is 17.6 Å². The number of nitrogens with one attached hydrogen (secondary N) is 1. The molecule has 3 heterocycles. The summed E-state index contributed by atoms with van der Waals surface area (Å²) in [7, 11) is -5.54. The fourth-order valence-electron chi connectivity index (χ4n) is 3.53. The number of amidine groups is 1. The van der Waals surface area contributed by atoms with Gasteiger partial charge in [0.05, 0.1) is 17.1 Å². The van der Waals surface area contributed by atoms with Crippen LogP contribution >= 0.6 is 0 Å². The van der Waals surface area contributed by atoms with Gasteiger partial charge in [-0.25, -0.2) is 18.1 Å². The average molecular weight is 481 g/mol. The molecular formula is C20H18F3N5O4S. The number of benzene rings is 1. The second-order valence-corrected chi connectivity index (χ2v) is 9.35. The fraction of sp³-hybridized carbons (Fsp3) is 0.300. The van der Waals surface area contributed by atoms with Crippen molar-refractivity contribution in [3.8, 4) is 0 Å². The Balaban J connectivity index is 1.56. The van der Waals surface area contributed by atoms with Gasteiger partial charge in [0.25, 0.3) is 15.7 Å². The number of pyridine rings is 1. The van der Waals surface area contributed by atoms with Crippen molar-refractivity contribution in [2.75, 3.05) is 18.0 Å². The summed E-state index contributed by atoms with van der Waals surface area (Å²) in [5, 5.41) is 3.10. The number of nitrogens with zero attached hydrogens (tertiary/aromatic N) is 4. The van der Waals surface area contributed by atoms with Gasteiger partial charge in [-0.3, -0.25) is 14.8 Å². The number of alkyl halides is 3. The summed E-state index contributed by atoms with van der Waals surface area (Å²) in [6, 6.07) is 5.37. The van der Waals surface area contributed by atoms with Crippen molar-refractivity contribution in [3.05, 3.63) is 53.9 Å². The molecule has 2 aromatic rings. The van der Waals surface area contributed by atoms with Crippen LogP contribution in [-0.4, -0.2) is 60.7 Å². The zero-order valence-electron chi connectivity index (χ0n) is 17.2. The number of urea groups is 1. The Hall–Kier alpha value is -3.48. The van der Waals surface area contributed by atoms with Crippen LogP contribution in [0.4, 0.5) is 23.7 Å². The quantitative estimate of drug-likeness (QED) is 0.655. The van der Waals surface area contributed by atoms with E-state index in [0.29, 0.717) is 30.2 Å². The van der Waals surface area contributed by atoms with E-state index in [4.69, 9.17) is 0 Å². The van der Waals surface area contributed by atoms with E-state index in [9.17, 15) is 31.2 Å². The summed E-state index contributed by atoms with van der Waals surface area (Å²) in [4.78, 5) is 35.5. The number of aliphatic imine (C=N–C) groups is 1. The van der Waals surface area contributed by atoms with Gasteiger partial charge in [-0.15, -0.1) is 0 Å². The molecular weight excluding hydrogens is 463 g/mol. The zero-order valence-corrected chi connectivity index (χ0v) is 18.0. The molecule has 9 nitrogen and oxygen atoms in total. The largest absolute Gasteiger partial charge is 0.501 e. The predicted molar refractivity (Wildman–Crippen MR) is 111 cm³/mol. The molecule has 3 amide bonds. The van der Waals surface area contributed by atoms with E-state index < -0.39 is 38.2 Å². The lowest BCUT2D eigenvalue weighted by Crippen LogP contribution is -2.33. The topological polar surface area (TPSA) is 112 Å². The number of carbonyl (C=O) groups excluding carboxylic acids is 2. The van der Waals surface area contributed by atoms with E-state index in [1.54, 1.807) is 18.3 Å². The number of amides is 3. The predicted octanol–water partition coefficient (Wildman–Crippen LogP) is 2.08. The van der Waals surface area contributed by atoms with Crippen LogP contribution in [0.15, 0.2) is 52.5 Å². The Kier molecular flexibility index (Phi) is 5.60. The molecule has 1 N–H and O–H groups in total. The highest BCUT2D eigenvalue weighted by atomic mass is 32.2. The van der Waals surface area contributed by atoms with Crippen LogP contribution in [0.25, 0.3) is 0 Å². The van der Waals surface area contributed by atoms with Crippen molar-refractivity contribution in [2.45, 2.75) is 29.9 Å². The Bertz CT molecular complexity index is 1250. The molecule has 1 aromatic heterocycles. The molecule has 0 radical (unpaired) electrons. The summed E-state index contributed by atoms with van der Waals surface area (Å²) in [6.07, 6.45) is 1.57. The molecule has 1 unspecified atom stereocenters. The Labute approximate surface area is 186 Å². The van der Waals surface area contributed by atoms with Gasteiger partial charge < -0.3 is 10.2 Å². The van der Waals surface area contributed by atoms with Gasteiger partial charge in [0, 0.05) is 19.3 Å². The molecule has 2 aliphatic heterocycles. The molecule has 1 atom stereocenters. The highest BCUT2D eigenvalue weighted by molar-refractivity contribution is 7.92. The highest BCUT2D eigenvalue weighted by Crippen LogP contribution is 2.32. The lowest BCUT2D eigenvalue weighted by Gasteiger charge is -2.20. The molecule has 1 fully saturated rings. The lowest BCUT2D eigenvalue weighted by molar-refractivity contribution is -0.119. The number of sulfone groups is 1. The minimum Gasteiger partial charge on any atom is -0.367 e. The number of aromatic nitrogens is 1. The van der Waals surface area contributed by atoms with Crippen LogP contribution in [0.5, 0.6) is 0 Å². The van der Waals surface area contributed by atoms with Crippen LogP contribution in [0.3, 0.4) is 0 Å². The number of anilines is 1. The number of carbonyl (C=O) groups is 2.